The topological polar surface area (TPSA) is 69.7 Å². The van der Waals surface area contributed by atoms with E-state index in [1.807, 2.05) is 25.9 Å². The van der Waals surface area contributed by atoms with Crippen LogP contribution in [0.3, 0.4) is 0 Å². The summed E-state index contributed by atoms with van der Waals surface area (Å²) in [6.45, 7) is 2.72. The molecular weight excluding hydrogens is 381 g/mol. The van der Waals surface area contributed by atoms with Gasteiger partial charge in [0.2, 0.25) is 5.91 Å². The van der Waals surface area contributed by atoms with Crippen LogP contribution in [0.1, 0.15) is 12.0 Å². The average molecular weight is 408 g/mol. The molecule has 0 radical (unpaired) electrons. The van der Waals surface area contributed by atoms with E-state index in [9.17, 15) is 17.6 Å². The first-order valence-electron chi connectivity index (χ1n) is 8.96. The minimum Gasteiger partial charge on any atom is -0.354 e. The first kappa shape index (κ1) is 21.8. The van der Waals surface area contributed by atoms with E-state index in [0.29, 0.717) is 6.54 Å². The highest BCUT2D eigenvalue weighted by Gasteiger charge is 2.27. The Kier molecular flexibility index (Phi) is 7.53. The lowest BCUT2D eigenvalue weighted by Gasteiger charge is -2.24. The van der Waals surface area contributed by atoms with Crippen LogP contribution in [0.15, 0.2) is 53.4 Å². The lowest BCUT2D eigenvalue weighted by atomic mass is 10.2. The lowest BCUT2D eigenvalue weighted by Crippen LogP contribution is -2.41. The van der Waals surface area contributed by atoms with Crippen molar-refractivity contribution < 1.29 is 17.6 Å². The summed E-state index contributed by atoms with van der Waals surface area (Å²) in [6, 6.07) is 11.4. The third-order valence-electron chi connectivity index (χ3n) is 4.12. The molecule has 2 aromatic carbocycles. The van der Waals surface area contributed by atoms with Crippen molar-refractivity contribution >= 4 is 21.6 Å². The molecule has 0 saturated heterocycles. The van der Waals surface area contributed by atoms with Gasteiger partial charge in [-0.15, -0.1) is 0 Å². The van der Waals surface area contributed by atoms with Crippen molar-refractivity contribution in [2.45, 2.75) is 18.2 Å². The molecule has 0 spiro atoms. The van der Waals surface area contributed by atoms with E-state index < -0.39 is 21.7 Å². The minimum atomic E-state index is -3.98. The normalized spacial score (nSPS) is 11.5. The number of aryl methyl sites for hydroxylation is 1. The first-order chi connectivity index (χ1) is 13.2. The monoisotopic (exact) mass is 407 g/mol. The van der Waals surface area contributed by atoms with Crippen molar-refractivity contribution in [2.24, 2.45) is 0 Å². The van der Waals surface area contributed by atoms with Crippen molar-refractivity contribution in [3.63, 3.8) is 0 Å². The van der Waals surface area contributed by atoms with Gasteiger partial charge in [-0.2, -0.15) is 0 Å². The lowest BCUT2D eigenvalue weighted by molar-refractivity contribution is -0.119. The molecule has 1 amide bonds. The Morgan fingerprint density at radius 3 is 2.21 bits per heavy atom. The summed E-state index contributed by atoms with van der Waals surface area (Å²) in [5.41, 5.74) is 1.15. The van der Waals surface area contributed by atoms with Crippen molar-refractivity contribution in [1.29, 1.82) is 0 Å². The Morgan fingerprint density at radius 1 is 1.04 bits per heavy atom. The minimum absolute atomic E-state index is 0.0721. The summed E-state index contributed by atoms with van der Waals surface area (Å²) in [7, 11) is -0.108. The van der Waals surface area contributed by atoms with Crippen LogP contribution >= 0.6 is 0 Å². The van der Waals surface area contributed by atoms with Crippen molar-refractivity contribution in [3.8, 4) is 0 Å². The van der Waals surface area contributed by atoms with E-state index in [1.54, 1.807) is 12.1 Å². The zero-order valence-corrected chi connectivity index (χ0v) is 17.2. The van der Waals surface area contributed by atoms with E-state index in [4.69, 9.17) is 0 Å². The van der Waals surface area contributed by atoms with E-state index in [-0.39, 0.29) is 17.1 Å². The molecule has 0 atom stereocenters. The molecule has 152 valence electrons. The molecule has 0 aliphatic carbocycles. The first-order valence-corrected chi connectivity index (χ1v) is 10.4. The molecule has 0 heterocycles. The van der Waals surface area contributed by atoms with E-state index in [0.717, 1.165) is 22.8 Å². The van der Waals surface area contributed by atoms with Gasteiger partial charge >= 0.3 is 0 Å². The van der Waals surface area contributed by atoms with E-state index in [1.165, 1.54) is 36.4 Å². The third kappa shape index (κ3) is 6.03. The highest BCUT2D eigenvalue weighted by Crippen LogP contribution is 2.24. The van der Waals surface area contributed by atoms with Gasteiger partial charge in [-0.05, 0) is 70.4 Å². The maximum Gasteiger partial charge on any atom is 0.264 e. The second-order valence-corrected chi connectivity index (χ2v) is 8.67. The van der Waals surface area contributed by atoms with Crippen LogP contribution < -0.4 is 9.62 Å². The number of halogens is 1. The molecule has 28 heavy (non-hydrogen) atoms. The zero-order valence-electron chi connectivity index (χ0n) is 16.4. The van der Waals surface area contributed by atoms with Crippen molar-refractivity contribution in [3.05, 3.63) is 59.9 Å². The van der Waals surface area contributed by atoms with Crippen LogP contribution in [0.25, 0.3) is 0 Å². The van der Waals surface area contributed by atoms with Crippen molar-refractivity contribution in [1.82, 2.24) is 10.2 Å². The molecule has 0 aromatic heterocycles. The predicted octanol–water partition coefficient (Wildman–Crippen LogP) is 2.40. The maximum atomic E-state index is 13.3. The van der Waals surface area contributed by atoms with Crippen LogP contribution in [0.4, 0.5) is 10.1 Å². The number of sulfonamides is 1. The molecule has 1 N–H and O–H groups in total. The van der Waals surface area contributed by atoms with Crippen LogP contribution in [0, 0.1) is 12.7 Å². The fourth-order valence-corrected chi connectivity index (χ4v) is 3.99. The Balaban J connectivity index is 2.23. The van der Waals surface area contributed by atoms with Crippen LogP contribution in [-0.2, 0) is 14.8 Å². The molecule has 0 bridgehead atoms. The molecule has 0 fully saturated rings. The molecule has 0 unspecified atom stereocenters. The van der Waals surface area contributed by atoms with Gasteiger partial charge in [0.15, 0.2) is 0 Å². The molecule has 6 nitrogen and oxygen atoms in total. The highest BCUT2D eigenvalue weighted by atomic mass is 32.2. The molecule has 2 rings (SSSR count). The second-order valence-electron chi connectivity index (χ2n) is 6.81. The predicted molar refractivity (Wildman–Crippen MR) is 108 cm³/mol. The summed E-state index contributed by atoms with van der Waals surface area (Å²) in [5.74, 6) is -0.900. The van der Waals surface area contributed by atoms with Gasteiger partial charge in [-0.1, -0.05) is 17.7 Å². The fourth-order valence-electron chi connectivity index (χ4n) is 2.57. The number of rotatable bonds is 9. The number of nitrogens with one attached hydrogen (secondary N) is 1. The summed E-state index contributed by atoms with van der Waals surface area (Å²) in [5, 5.41) is 2.74. The summed E-state index contributed by atoms with van der Waals surface area (Å²) in [4.78, 5) is 14.4. The molecule has 0 aliphatic heterocycles. The molecule has 0 saturated carbocycles. The standard InChI is InChI=1S/C20H26FN3O3S/c1-16-5-11-19(12-6-16)28(26,27)24(18-9-7-17(21)8-10-18)15-20(25)22-13-4-14-23(2)3/h5-12H,4,13-15H2,1-3H3,(H,22,25). The summed E-state index contributed by atoms with van der Waals surface area (Å²) >= 11 is 0. The summed E-state index contributed by atoms with van der Waals surface area (Å²) in [6.07, 6.45) is 0.750. The van der Waals surface area contributed by atoms with Gasteiger partial charge in [-0.25, -0.2) is 12.8 Å². The Labute approximate surface area is 166 Å². The number of amides is 1. The van der Waals surface area contributed by atoms with E-state index >= 15 is 0 Å². The average Bonchev–Trinajstić information content (AvgIpc) is 2.64. The maximum absolute atomic E-state index is 13.3. The summed E-state index contributed by atoms with van der Waals surface area (Å²) < 4.78 is 40.6. The highest BCUT2D eigenvalue weighted by molar-refractivity contribution is 7.92. The number of nitrogens with zero attached hydrogens (tertiary/aromatic N) is 2. The van der Waals surface area contributed by atoms with Gasteiger partial charge in [0.1, 0.15) is 12.4 Å². The van der Waals surface area contributed by atoms with Gasteiger partial charge < -0.3 is 10.2 Å². The smallest absolute Gasteiger partial charge is 0.264 e. The number of carbonyl (C=O) groups excluding carboxylic acids is 1. The molecular formula is C20H26FN3O3S. The molecule has 0 aliphatic rings. The second kappa shape index (κ2) is 9.66. The zero-order chi connectivity index (χ0) is 20.7. The van der Waals surface area contributed by atoms with Gasteiger partial charge in [0.05, 0.1) is 10.6 Å². The molecule has 2 aromatic rings. The van der Waals surface area contributed by atoms with Gasteiger partial charge in [0.25, 0.3) is 10.0 Å². The van der Waals surface area contributed by atoms with Crippen LogP contribution in [0.2, 0.25) is 0 Å². The number of carbonyl (C=O) groups is 1. The van der Waals surface area contributed by atoms with E-state index in [2.05, 4.69) is 5.32 Å². The number of hydrogen-bond acceptors (Lipinski definition) is 4. The number of hydrogen-bond donors (Lipinski definition) is 1. The fraction of sp³-hybridized carbons (Fsp3) is 0.350. The number of benzene rings is 2. The van der Waals surface area contributed by atoms with Crippen molar-refractivity contribution in [2.75, 3.05) is 38.0 Å². The Hall–Kier alpha value is -2.45. The SMILES string of the molecule is Cc1ccc(S(=O)(=O)N(CC(=O)NCCCN(C)C)c2ccc(F)cc2)cc1. The van der Waals surface area contributed by atoms with Gasteiger partial charge in [-0.3, -0.25) is 9.10 Å². The number of anilines is 1. The molecule has 8 heteroatoms. The Bertz CT molecular complexity index is 882. The quantitative estimate of drug-likeness (QED) is 0.648. The van der Waals surface area contributed by atoms with Crippen LogP contribution in [0.5, 0.6) is 0 Å². The third-order valence-corrected chi connectivity index (χ3v) is 5.90. The Morgan fingerprint density at radius 2 is 1.64 bits per heavy atom. The largest absolute Gasteiger partial charge is 0.354 e. The van der Waals surface area contributed by atoms with Gasteiger partial charge in [0, 0.05) is 6.54 Å². The van der Waals surface area contributed by atoms with Crippen LogP contribution in [-0.4, -0.2) is 53.0 Å².